The van der Waals surface area contributed by atoms with E-state index < -0.39 is 0 Å². The Labute approximate surface area is 96.2 Å². The fourth-order valence-corrected chi connectivity index (χ4v) is 2.60. The quantitative estimate of drug-likeness (QED) is 0.796. The Kier molecular flexibility index (Phi) is 3.32. The van der Waals surface area contributed by atoms with Gasteiger partial charge < -0.3 is 10.6 Å². The van der Waals surface area contributed by atoms with E-state index in [0.717, 1.165) is 6.54 Å². The molecule has 0 heterocycles. The normalized spacial score (nSPS) is 16.6. The van der Waals surface area contributed by atoms with Gasteiger partial charge in [0.25, 0.3) is 0 Å². The summed E-state index contributed by atoms with van der Waals surface area (Å²) in [7, 11) is 0. The van der Waals surface area contributed by atoms with E-state index in [0.29, 0.717) is 17.4 Å². The molecule has 0 aromatic heterocycles. The Morgan fingerprint density at radius 1 is 1.38 bits per heavy atom. The van der Waals surface area contributed by atoms with Gasteiger partial charge in [0.05, 0.1) is 5.69 Å². The van der Waals surface area contributed by atoms with Crippen molar-refractivity contribution in [3.8, 4) is 0 Å². The van der Waals surface area contributed by atoms with Crippen molar-refractivity contribution in [1.29, 1.82) is 0 Å². The van der Waals surface area contributed by atoms with Crippen LogP contribution >= 0.6 is 0 Å². The van der Waals surface area contributed by atoms with Crippen LogP contribution in [-0.2, 0) is 0 Å². The first kappa shape index (κ1) is 11.2. The first-order chi connectivity index (χ1) is 7.72. The van der Waals surface area contributed by atoms with Gasteiger partial charge in [0, 0.05) is 18.3 Å². The second-order valence-electron chi connectivity index (χ2n) is 4.44. The maximum atomic E-state index is 13.8. The summed E-state index contributed by atoms with van der Waals surface area (Å²) < 4.78 is 13.8. The summed E-state index contributed by atoms with van der Waals surface area (Å²) in [6.45, 7) is 2.93. The molecule has 0 aliphatic heterocycles. The number of benzene rings is 1. The summed E-state index contributed by atoms with van der Waals surface area (Å²) >= 11 is 0. The van der Waals surface area contributed by atoms with E-state index in [1.165, 1.54) is 31.7 Å². The predicted octanol–water partition coefficient (Wildman–Crippen LogP) is 3.18. The second kappa shape index (κ2) is 4.73. The molecule has 1 aromatic rings. The van der Waals surface area contributed by atoms with E-state index in [4.69, 9.17) is 5.73 Å². The third-order valence-corrected chi connectivity index (χ3v) is 3.39. The Bertz CT molecular complexity index is 359. The zero-order valence-electron chi connectivity index (χ0n) is 9.75. The van der Waals surface area contributed by atoms with Gasteiger partial charge in [0.1, 0.15) is 5.82 Å². The molecule has 1 aromatic carbocycles. The van der Waals surface area contributed by atoms with Gasteiger partial charge in [-0.25, -0.2) is 4.39 Å². The van der Waals surface area contributed by atoms with Gasteiger partial charge in [-0.05, 0) is 38.0 Å². The molecule has 0 radical (unpaired) electrons. The maximum absolute atomic E-state index is 13.8. The number of nitrogen functional groups attached to an aromatic ring is 1. The molecule has 2 rings (SSSR count). The van der Waals surface area contributed by atoms with E-state index in [1.54, 1.807) is 12.1 Å². The zero-order chi connectivity index (χ0) is 11.5. The Morgan fingerprint density at radius 3 is 2.62 bits per heavy atom. The molecule has 0 spiro atoms. The van der Waals surface area contributed by atoms with Crippen molar-refractivity contribution in [3.63, 3.8) is 0 Å². The molecule has 0 saturated heterocycles. The third-order valence-electron chi connectivity index (χ3n) is 3.39. The van der Waals surface area contributed by atoms with Crippen LogP contribution < -0.4 is 10.6 Å². The summed E-state index contributed by atoms with van der Waals surface area (Å²) in [5.41, 5.74) is 6.75. The summed E-state index contributed by atoms with van der Waals surface area (Å²) in [6, 6.07) is 5.48. The Hall–Kier alpha value is -1.25. The van der Waals surface area contributed by atoms with Gasteiger partial charge in [-0.15, -0.1) is 0 Å². The lowest BCUT2D eigenvalue weighted by atomic mass is 10.1. The van der Waals surface area contributed by atoms with E-state index in [1.807, 2.05) is 0 Å². The number of nitrogens with zero attached hydrogens (tertiary/aromatic N) is 1. The standard InChI is InChI=1S/C13H19FN2/c1-2-16(11-5-3-4-6-11)13-8-7-10(15)9-12(13)14/h7-9,11H,2-6,15H2,1H3. The predicted molar refractivity (Wildman–Crippen MR) is 66.1 cm³/mol. The van der Waals surface area contributed by atoms with Crippen LogP contribution in [0.15, 0.2) is 18.2 Å². The van der Waals surface area contributed by atoms with Crippen LogP contribution in [0, 0.1) is 5.82 Å². The lowest BCUT2D eigenvalue weighted by molar-refractivity contribution is 0.579. The summed E-state index contributed by atoms with van der Waals surface area (Å²) in [5, 5.41) is 0. The fraction of sp³-hybridized carbons (Fsp3) is 0.538. The lowest BCUT2D eigenvalue weighted by Gasteiger charge is -2.30. The minimum absolute atomic E-state index is 0.200. The SMILES string of the molecule is CCN(c1ccc(N)cc1F)C1CCCC1. The van der Waals surface area contributed by atoms with Crippen molar-refractivity contribution < 1.29 is 4.39 Å². The highest BCUT2D eigenvalue weighted by atomic mass is 19.1. The first-order valence-electron chi connectivity index (χ1n) is 6.04. The maximum Gasteiger partial charge on any atom is 0.148 e. The van der Waals surface area contributed by atoms with Gasteiger partial charge in [0.15, 0.2) is 0 Å². The fourth-order valence-electron chi connectivity index (χ4n) is 2.60. The van der Waals surface area contributed by atoms with Gasteiger partial charge >= 0.3 is 0 Å². The van der Waals surface area contributed by atoms with Gasteiger partial charge in [-0.3, -0.25) is 0 Å². The number of anilines is 2. The van der Waals surface area contributed by atoms with Crippen LogP contribution in [0.25, 0.3) is 0 Å². The minimum atomic E-state index is -0.200. The molecule has 3 heteroatoms. The number of rotatable bonds is 3. The molecule has 16 heavy (non-hydrogen) atoms. The van der Waals surface area contributed by atoms with Gasteiger partial charge in [-0.2, -0.15) is 0 Å². The van der Waals surface area contributed by atoms with Crippen LogP contribution in [0.4, 0.5) is 15.8 Å². The number of hydrogen-bond acceptors (Lipinski definition) is 2. The molecule has 1 fully saturated rings. The van der Waals surface area contributed by atoms with Crippen molar-refractivity contribution in [1.82, 2.24) is 0 Å². The first-order valence-corrected chi connectivity index (χ1v) is 6.04. The summed E-state index contributed by atoms with van der Waals surface area (Å²) in [4.78, 5) is 2.17. The smallest absolute Gasteiger partial charge is 0.148 e. The third kappa shape index (κ3) is 2.13. The molecule has 2 nitrogen and oxygen atoms in total. The lowest BCUT2D eigenvalue weighted by Crippen LogP contribution is -2.33. The molecule has 0 bridgehead atoms. The van der Waals surface area contributed by atoms with Crippen molar-refractivity contribution in [2.45, 2.75) is 38.6 Å². The number of halogens is 1. The average molecular weight is 222 g/mol. The molecule has 88 valence electrons. The van der Waals surface area contributed by atoms with Crippen molar-refractivity contribution in [2.24, 2.45) is 0 Å². The molecule has 0 amide bonds. The van der Waals surface area contributed by atoms with Crippen LogP contribution in [-0.4, -0.2) is 12.6 Å². The summed E-state index contributed by atoms with van der Waals surface area (Å²) in [6.07, 6.45) is 4.88. The van der Waals surface area contributed by atoms with Crippen molar-refractivity contribution >= 4 is 11.4 Å². The van der Waals surface area contributed by atoms with Crippen LogP contribution in [0.1, 0.15) is 32.6 Å². The van der Waals surface area contributed by atoms with Gasteiger partial charge in [-0.1, -0.05) is 12.8 Å². The highest BCUT2D eigenvalue weighted by molar-refractivity contribution is 5.55. The molecule has 1 aliphatic carbocycles. The number of hydrogen-bond donors (Lipinski definition) is 1. The van der Waals surface area contributed by atoms with E-state index >= 15 is 0 Å². The van der Waals surface area contributed by atoms with Crippen molar-refractivity contribution in [2.75, 3.05) is 17.2 Å². The van der Waals surface area contributed by atoms with Crippen LogP contribution in [0.2, 0.25) is 0 Å². The number of nitrogens with two attached hydrogens (primary N) is 1. The Balaban J connectivity index is 2.25. The highest BCUT2D eigenvalue weighted by Gasteiger charge is 2.23. The zero-order valence-corrected chi connectivity index (χ0v) is 9.75. The van der Waals surface area contributed by atoms with E-state index in [2.05, 4.69) is 11.8 Å². The molecule has 0 unspecified atom stereocenters. The minimum Gasteiger partial charge on any atom is -0.399 e. The molecule has 0 atom stereocenters. The molecular formula is C13H19FN2. The van der Waals surface area contributed by atoms with Gasteiger partial charge in [0.2, 0.25) is 0 Å². The van der Waals surface area contributed by atoms with Crippen LogP contribution in [0.3, 0.4) is 0 Å². The molecule has 1 saturated carbocycles. The van der Waals surface area contributed by atoms with E-state index in [9.17, 15) is 4.39 Å². The van der Waals surface area contributed by atoms with Crippen molar-refractivity contribution in [3.05, 3.63) is 24.0 Å². The second-order valence-corrected chi connectivity index (χ2v) is 4.44. The average Bonchev–Trinajstić information content (AvgIpc) is 2.75. The molecule has 2 N–H and O–H groups in total. The topological polar surface area (TPSA) is 29.3 Å². The summed E-state index contributed by atoms with van der Waals surface area (Å²) in [5.74, 6) is -0.200. The van der Waals surface area contributed by atoms with Crippen LogP contribution in [0.5, 0.6) is 0 Å². The monoisotopic (exact) mass is 222 g/mol. The Morgan fingerprint density at radius 2 is 2.06 bits per heavy atom. The molecular weight excluding hydrogens is 203 g/mol. The molecule has 1 aliphatic rings. The van der Waals surface area contributed by atoms with E-state index in [-0.39, 0.29) is 5.82 Å². The highest BCUT2D eigenvalue weighted by Crippen LogP contribution is 2.30. The largest absolute Gasteiger partial charge is 0.399 e.